The molecule has 0 aliphatic carbocycles. The van der Waals surface area contributed by atoms with E-state index in [1.165, 1.54) is 0 Å². The van der Waals surface area contributed by atoms with Gasteiger partial charge in [-0.25, -0.2) is 0 Å². The molecule has 2 saturated heterocycles. The van der Waals surface area contributed by atoms with Gasteiger partial charge in [0, 0.05) is 25.7 Å². The van der Waals surface area contributed by atoms with E-state index in [1.54, 1.807) is 6.92 Å². The van der Waals surface area contributed by atoms with E-state index in [2.05, 4.69) is 4.98 Å². The summed E-state index contributed by atoms with van der Waals surface area (Å²) in [4.78, 5) is 17.8. The van der Waals surface area contributed by atoms with Crippen molar-refractivity contribution >= 4 is 5.91 Å². The number of ether oxygens (including phenoxy) is 2. The van der Waals surface area contributed by atoms with Gasteiger partial charge in [-0.05, 0) is 43.7 Å². The second-order valence-corrected chi connectivity index (χ2v) is 6.93. The Morgan fingerprint density at radius 2 is 2.22 bits per heavy atom. The summed E-state index contributed by atoms with van der Waals surface area (Å²) in [5.41, 5.74) is 2.23. The van der Waals surface area contributed by atoms with E-state index in [4.69, 9.17) is 9.47 Å². The van der Waals surface area contributed by atoms with Crippen LogP contribution in [-0.4, -0.2) is 48.2 Å². The van der Waals surface area contributed by atoms with Crippen LogP contribution in [0.25, 0.3) is 0 Å². The summed E-state index contributed by atoms with van der Waals surface area (Å²) >= 11 is 0. The van der Waals surface area contributed by atoms with Gasteiger partial charge >= 0.3 is 0 Å². The third-order valence-corrected chi connectivity index (χ3v) is 5.06. The van der Waals surface area contributed by atoms with Gasteiger partial charge in [0.1, 0.15) is 0 Å². The molecule has 5 heteroatoms. The smallest absolute Gasteiger partial charge is 0.219 e. The normalized spacial score (nSPS) is 23.4. The first-order chi connectivity index (χ1) is 11.1. The molecule has 23 heavy (non-hydrogen) atoms. The average Bonchev–Trinajstić information content (AvgIpc) is 2.91. The zero-order chi connectivity index (χ0) is 16.3. The van der Waals surface area contributed by atoms with E-state index in [0.717, 1.165) is 50.3 Å². The number of aryl methyl sites for hydroxylation is 1. The number of amides is 1. The Morgan fingerprint density at radius 3 is 2.91 bits per heavy atom. The molecule has 0 saturated carbocycles. The van der Waals surface area contributed by atoms with Crippen molar-refractivity contribution in [2.45, 2.75) is 45.8 Å². The van der Waals surface area contributed by atoms with Crippen LogP contribution in [0.1, 0.15) is 37.6 Å². The van der Waals surface area contributed by atoms with E-state index in [-0.39, 0.29) is 17.4 Å². The Labute approximate surface area is 138 Å². The zero-order valence-corrected chi connectivity index (χ0v) is 14.1. The van der Waals surface area contributed by atoms with E-state index in [9.17, 15) is 4.79 Å². The number of hydrogen-bond donors (Lipinski definition) is 0. The lowest BCUT2D eigenvalue weighted by Crippen LogP contribution is -2.42. The molecule has 3 rings (SSSR count). The van der Waals surface area contributed by atoms with Crippen LogP contribution in [0.4, 0.5) is 0 Å². The minimum Gasteiger partial charge on any atom is -0.375 e. The molecule has 1 amide bonds. The maximum absolute atomic E-state index is 11.4. The number of rotatable bonds is 4. The molecular formula is C18H26N2O3. The Kier molecular flexibility index (Phi) is 4.97. The van der Waals surface area contributed by atoms with Gasteiger partial charge in [-0.2, -0.15) is 0 Å². The van der Waals surface area contributed by atoms with Crippen LogP contribution in [0.5, 0.6) is 0 Å². The lowest BCUT2D eigenvalue weighted by Gasteiger charge is -2.38. The molecule has 5 nitrogen and oxygen atoms in total. The Bertz CT molecular complexity index is 553. The fourth-order valence-corrected chi connectivity index (χ4v) is 3.62. The lowest BCUT2D eigenvalue weighted by atomic mass is 9.76. The number of hydrogen-bond acceptors (Lipinski definition) is 4. The van der Waals surface area contributed by atoms with Gasteiger partial charge in [0.25, 0.3) is 0 Å². The number of nitrogens with zero attached hydrogens (tertiary/aromatic N) is 2. The second-order valence-electron chi connectivity index (χ2n) is 6.93. The molecule has 0 bridgehead atoms. The predicted molar refractivity (Wildman–Crippen MR) is 86.9 cm³/mol. The summed E-state index contributed by atoms with van der Waals surface area (Å²) in [5.74, 6) is 0.185. The summed E-state index contributed by atoms with van der Waals surface area (Å²) in [6.07, 6.45) is 3.30. The number of piperidine rings is 1. The molecule has 1 aromatic rings. The highest BCUT2D eigenvalue weighted by Gasteiger charge is 2.42. The predicted octanol–water partition coefficient (Wildman–Crippen LogP) is 2.32. The molecule has 2 aliphatic heterocycles. The monoisotopic (exact) mass is 318 g/mol. The quantitative estimate of drug-likeness (QED) is 0.855. The summed E-state index contributed by atoms with van der Waals surface area (Å²) in [6.45, 7) is 7.31. The van der Waals surface area contributed by atoms with Gasteiger partial charge in [0.05, 0.1) is 31.6 Å². The van der Waals surface area contributed by atoms with E-state index in [1.807, 2.05) is 30.0 Å². The van der Waals surface area contributed by atoms with Crippen LogP contribution in [0.2, 0.25) is 0 Å². The standard InChI is InChI=1S/C18H26N2O3/c1-14-4-3-5-16(19-14)11-22-12-17-10-18(13-23-17)6-8-20(9-7-18)15(2)21/h3-5,17H,6-13H2,1-2H3. The first-order valence-corrected chi connectivity index (χ1v) is 8.44. The molecule has 0 N–H and O–H groups in total. The van der Waals surface area contributed by atoms with Crippen LogP contribution in [0.15, 0.2) is 18.2 Å². The van der Waals surface area contributed by atoms with Crippen molar-refractivity contribution < 1.29 is 14.3 Å². The van der Waals surface area contributed by atoms with Gasteiger partial charge in [0.15, 0.2) is 0 Å². The molecule has 1 atom stereocenters. The molecule has 1 aromatic heterocycles. The molecule has 126 valence electrons. The first kappa shape index (κ1) is 16.4. The summed E-state index contributed by atoms with van der Waals surface area (Å²) in [5, 5.41) is 0. The van der Waals surface area contributed by atoms with Crippen LogP contribution >= 0.6 is 0 Å². The van der Waals surface area contributed by atoms with Crippen molar-refractivity contribution in [3.8, 4) is 0 Å². The minimum atomic E-state index is 0.170. The van der Waals surface area contributed by atoms with Crippen molar-refractivity contribution in [2.75, 3.05) is 26.3 Å². The lowest BCUT2D eigenvalue weighted by molar-refractivity contribution is -0.131. The fourth-order valence-electron chi connectivity index (χ4n) is 3.62. The highest BCUT2D eigenvalue weighted by molar-refractivity contribution is 5.73. The van der Waals surface area contributed by atoms with Crippen LogP contribution in [-0.2, 0) is 20.9 Å². The van der Waals surface area contributed by atoms with Gasteiger partial charge in [0.2, 0.25) is 5.91 Å². The third-order valence-electron chi connectivity index (χ3n) is 5.06. The van der Waals surface area contributed by atoms with Crippen LogP contribution < -0.4 is 0 Å². The molecule has 0 radical (unpaired) electrons. The zero-order valence-electron chi connectivity index (χ0n) is 14.1. The van der Waals surface area contributed by atoms with Gasteiger partial charge in [-0.3, -0.25) is 9.78 Å². The maximum atomic E-state index is 11.4. The largest absolute Gasteiger partial charge is 0.375 e. The first-order valence-electron chi connectivity index (χ1n) is 8.44. The van der Waals surface area contributed by atoms with Crippen molar-refractivity contribution in [3.63, 3.8) is 0 Å². The SMILES string of the molecule is CC(=O)N1CCC2(CC1)COC(COCc1cccc(C)n1)C2. The Balaban J connectivity index is 1.43. The van der Waals surface area contributed by atoms with Gasteiger partial charge in [-0.1, -0.05) is 6.07 Å². The molecule has 1 spiro atoms. The van der Waals surface area contributed by atoms with Crippen molar-refractivity contribution in [1.29, 1.82) is 0 Å². The second kappa shape index (κ2) is 6.97. The third kappa shape index (κ3) is 4.09. The number of pyridine rings is 1. The Morgan fingerprint density at radius 1 is 1.43 bits per heavy atom. The summed E-state index contributed by atoms with van der Waals surface area (Å²) in [6, 6.07) is 5.98. The average molecular weight is 318 g/mol. The van der Waals surface area contributed by atoms with Crippen LogP contribution in [0.3, 0.4) is 0 Å². The molecule has 2 fully saturated rings. The van der Waals surface area contributed by atoms with Crippen molar-refractivity contribution in [2.24, 2.45) is 5.41 Å². The number of aromatic nitrogens is 1. The maximum Gasteiger partial charge on any atom is 0.219 e. The van der Waals surface area contributed by atoms with Crippen molar-refractivity contribution in [3.05, 3.63) is 29.6 Å². The summed E-state index contributed by atoms with van der Waals surface area (Å²) < 4.78 is 11.8. The number of likely N-dealkylation sites (tertiary alicyclic amines) is 1. The molecule has 1 unspecified atom stereocenters. The van der Waals surface area contributed by atoms with Gasteiger partial charge in [-0.15, -0.1) is 0 Å². The van der Waals surface area contributed by atoms with E-state index >= 15 is 0 Å². The van der Waals surface area contributed by atoms with Gasteiger partial charge < -0.3 is 14.4 Å². The topological polar surface area (TPSA) is 51.7 Å². The minimum absolute atomic E-state index is 0.170. The van der Waals surface area contributed by atoms with Crippen molar-refractivity contribution in [1.82, 2.24) is 9.88 Å². The van der Waals surface area contributed by atoms with E-state index in [0.29, 0.717) is 13.2 Å². The van der Waals surface area contributed by atoms with E-state index < -0.39 is 0 Å². The molecule has 2 aliphatic rings. The summed E-state index contributed by atoms with van der Waals surface area (Å²) in [7, 11) is 0. The highest BCUT2D eigenvalue weighted by Crippen LogP contribution is 2.42. The Hall–Kier alpha value is -1.46. The molecular weight excluding hydrogens is 292 g/mol. The number of carbonyl (C=O) groups is 1. The molecule has 0 aromatic carbocycles. The van der Waals surface area contributed by atoms with Crippen LogP contribution in [0, 0.1) is 12.3 Å². The fraction of sp³-hybridized carbons (Fsp3) is 0.667. The molecule has 3 heterocycles. The highest BCUT2D eigenvalue weighted by atomic mass is 16.5. The number of carbonyl (C=O) groups excluding carboxylic acids is 1.